The Morgan fingerprint density at radius 1 is 1.67 bits per heavy atom. The normalized spacial score (nSPS) is 9.73. The van der Waals surface area contributed by atoms with Crippen LogP contribution in [0, 0.1) is 5.41 Å². The first-order valence-corrected chi connectivity index (χ1v) is 4.79. The molecule has 1 aromatic heterocycles. The van der Waals surface area contributed by atoms with Crippen molar-refractivity contribution in [3.8, 4) is 0 Å². The second-order valence-corrected chi connectivity index (χ2v) is 3.50. The molecule has 0 fully saturated rings. The van der Waals surface area contributed by atoms with Gasteiger partial charge in [0.15, 0.2) is 5.69 Å². The minimum absolute atomic E-state index is 0.0168. The van der Waals surface area contributed by atoms with E-state index in [1.807, 2.05) is 0 Å². The predicted octanol–water partition coefficient (Wildman–Crippen LogP) is 0.565. The topological polar surface area (TPSA) is 118 Å². The standard InChI is InChI=1S/C8H10BrN5O/c1-13-8-3(2-10)4(9)5(11)6(14-8)7(12)15/h2,10H,11H2,1H3,(H2,12,15)(H,13,14). The van der Waals surface area contributed by atoms with Crippen LogP contribution in [0.2, 0.25) is 0 Å². The Morgan fingerprint density at radius 3 is 2.67 bits per heavy atom. The van der Waals surface area contributed by atoms with E-state index in [1.54, 1.807) is 7.05 Å². The number of nitrogens with two attached hydrogens (primary N) is 2. The smallest absolute Gasteiger partial charge is 0.269 e. The number of amides is 1. The highest BCUT2D eigenvalue weighted by Gasteiger charge is 2.17. The SMILES string of the molecule is CNc1nc(C(N)=O)c(N)c(Br)c1C=N. The fourth-order valence-corrected chi connectivity index (χ4v) is 1.59. The maximum atomic E-state index is 11.0. The minimum Gasteiger partial charge on any atom is -0.396 e. The largest absolute Gasteiger partial charge is 0.396 e. The van der Waals surface area contributed by atoms with Gasteiger partial charge in [-0.3, -0.25) is 4.79 Å². The molecule has 15 heavy (non-hydrogen) atoms. The molecule has 1 amide bonds. The van der Waals surface area contributed by atoms with Crippen molar-refractivity contribution in [1.82, 2.24) is 4.98 Å². The number of aromatic nitrogens is 1. The second-order valence-electron chi connectivity index (χ2n) is 2.71. The molecule has 1 heterocycles. The van der Waals surface area contributed by atoms with E-state index in [2.05, 4.69) is 26.2 Å². The predicted molar refractivity (Wildman–Crippen MR) is 62.3 cm³/mol. The summed E-state index contributed by atoms with van der Waals surface area (Å²) in [7, 11) is 1.63. The Morgan fingerprint density at radius 2 is 2.27 bits per heavy atom. The lowest BCUT2D eigenvalue weighted by Gasteiger charge is -2.11. The molecule has 0 aliphatic rings. The average Bonchev–Trinajstić information content (AvgIpc) is 2.21. The Balaban J connectivity index is 3.56. The summed E-state index contributed by atoms with van der Waals surface area (Å²) in [6.07, 6.45) is 1.09. The average molecular weight is 272 g/mol. The van der Waals surface area contributed by atoms with Gasteiger partial charge in [-0.15, -0.1) is 0 Å². The Bertz CT molecular complexity index is 432. The molecule has 6 nitrogen and oxygen atoms in total. The molecule has 0 unspecified atom stereocenters. The molecular formula is C8H10BrN5O. The van der Waals surface area contributed by atoms with Gasteiger partial charge in [-0.05, 0) is 15.9 Å². The molecule has 7 heteroatoms. The first-order valence-electron chi connectivity index (χ1n) is 4.00. The monoisotopic (exact) mass is 271 g/mol. The van der Waals surface area contributed by atoms with E-state index in [9.17, 15) is 4.79 Å². The molecule has 1 rings (SSSR count). The summed E-state index contributed by atoms with van der Waals surface area (Å²) in [5.74, 6) is -0.332. The summed E-state index contributed by atoms with van der Waals surface area (Å²) in [6.45, 7) is 0. The molecule has 0 radical (unpaired) electrons. The third-order valence-electron chi connectivity index (χ3n) is 1.82. The lowest BCUT2D eigenvalue weighted by Crippen LogP contribution is -2.18. The molecule has 1 aromatic rings. The number of nitrogen functional groups attached to an aromatic ring is 1. The van der Waals surface area contributed by atoms with Crippen molar-refractivity contribution in [1.29, 1.82) is 5.41 Å². The van der Waals surface area contributed by atoms with Crippen LogP contribution in [0.4, 0.5) is 11.5 Å². The first-order chi connectivity index (χ1) is 7.02. The van der Waals surface area contributed by atoms with E-state index in [-0.39, 0.29) is 11.4 Å². The zero-order valence-electron chi connectivity index (χ0n) is 7.97. The van der Waals surface area contributed by atoms with Crippen molar-refractivity contribution < 1.29 is 4.79 Å². The number of carbonyl (C=O) groups is 1. The summed E-state index contributed by atoms with van der Waals surface area (Å²) in [5, 5.41) is 9.95. The summed E-state index contributed by atoms with van der Waals surface area (Å²) < 4.78 is 0.436. The molecule has 0 aromatic carbocycles. The zero-order valence-corrected chi connectivity index (χ0v) is 9.55. The van der Waals surface area contributed by atoms with Crippen molar-refractivity contribution in [2.45, 2.75) is 0 Å². The van der Waals surface area contributed by atoms with Gasteiger partial charge in [-0.25, -0.2) is 4.98 Å². The number of nitrogens with one attached hydrogen (secondary N) is 2. The van der Waals surface area contributed by atoms with Crippen LogP contribution >= 0.6 is 15.9 Å². The van der Waals surface area contributed by atoms with Gasteiger partial charge in [0.05, 0.1) is 15.7 Å². The molecule has 0 saturated carbocycles. The molecule has 0 saturated heterocycles. The molecule has 0 atom stereocenters. The molecule has 0 spiro atoms. The van der Waals surface area contributed by atoms with Gasteiger partial charge >= 0.3 is 0 Å². The Labute approximate surface area is 94.7 Å². The molecule has 0 aliphatic heterocycles. The third kappa shape index (κ3) is 1.91. The zero-order chi connectivity index (χ0) is 11.6. The fourth-order valence-electron chi connectivity index (χ4n) is 1.10. The summed E-state index contributed by atoms with van der Waals surface area (Å²) >= 11 is 3.19. The van der Waals surface area contributed by atoms with Crippen LogP contribution in [0.5, 0.6) is 0 Å². The number of pyridine rings is 1. The van der Waals surface area contributed by atoms with Gasteiger partial charge < -0.3 is 22.2 Å². The van der Waals surface area contributed by atoms with Crippen molar-refractivity contribution in [3.05, 3.63) is 15.7 Å². The van der Waals surface area contributed by atoms with Crippen molar-refractivity contribution in [2.75, 3.05) is 18.1 Å². The van der Waals surface area contributed by atoms with Gasteiger partial charge in [-0.2, -0.15) is 0 Å². The van der Waals surface area contributed by atoms with Gasteiger partial charge in [0, 0.05) is 13.3 Å². The van der Waals surface area contributed by atoms with E-state index >= 15 is 0 Å². The van der Waals surface area contributed by atoms with Gasteiger partial charge in [0.1, 0.15) is 5.82 Å². The third-order valence-corrected chi connectivity index (χ3v) is 2.68. The van der Waals surface area contributed by atoms with E-state index in [1.165, 1.54) is 0 Å². The lowest BCUT2D eigenvalue weighted by molar-refractivity contribution is 0.0996. The van der Waals surface area contributed by atoms with Crippen LogP contribution in [-0.2, 0) is 0 Å². The number of nitrogens with zero attached hydrogens (tertiary/aromatic N) is 1. The maximum absolute atomic E-state index is 11.0. The highest BCUT2D eigenvalue weighted by Crippen LogP contribution is 2.29. The number of halogens is 1. The number of carbonyl (C=O) groups excluding carboxylic acids is 1. The summed E-state index contributed by atoms with van der Waals surface area (Å²) in [5.41, 5.74) is 11.3. The van der Waals surface area contributed by atoms with Crippen LogP contribution in [0.3, 0.4) is 0 Å². The number of primary amides is 1. The molecule has 0 aliphatic carbocycles. The van der Waals surface area contributed by atoms with Crippen molar-refractivity contribution in [2.24, 2.45) is 5.73 Å². The lowest BCUT2D eigenvalue weighted by atomic mass is 10.2. The number of hydrogen-bond acceptors (Lipinski definition) is 5. The maximum Gasteiger partial charge on any atom is 0.269 e. The molecule has 80 valence electrons. The van der Waals surface area contributed by atoms with Crippen molar-refractivity contribution >= 4 is 39.6 Å². The van der Waals surface area contributed by atoms with E-state index in [0.717, 1.165) is 6.21 Å². The Kier molecular flexibility index (Phi) is 3.25. The van der Waals surface area contributed by atoms with E-state index < -0.39 is 5.91 Å². The Hall–Kier alpha value is -1.63. The first kappa shape index (κ1) is 11.4. The van der Waals surface area contributed by atoms with E-state index in [4.69, 9.17) is 16.9 Å². The van der Waals surface area contributed by atoms with Crippen molar-refractivity contribution in [3.63, 3.8) is 0 Å². The summed E-state index contributed by atoms with van der Waals surface area (Å²) in [6, 6.07) is 0. The minimum atomic E-state index is -0.707. The fraction of sp³-hybridized carbons (Fsp3) is 0.125. The van der Waals surface area contributed by atoms with Crippen LogP contribution in [-0.4, -0.2) is 24.2 Å². The van der Waals surface area contributed by atoms with E-state index in [0.29, 0.717) is 15.9 Å². The highest BCUT2D eigenvalue weighted by atomic mass is 79.9. The number of anilines is 2. The highest BCUT2D eigenvalue weighted by molar-refractivity contribution is 9.10. The van der Waals surface area contributed by atoms with Crippen LogP contribution in [0.1, 0.15) is 16.1 Å². The second kappa shape index (κ2) is 4.26. The molecular weight excluding hydrogens is 262 g/mol. The van der Waals surface area contributed by atoms with Gasteiger partial charge in [0.25, 0.3) is 5.91 Å². The quantitative estimate of drug-likeness (QED) is 0.601. The van der Waals surface area contributed by atoms with Crippen LogP contribution in [0.15, 0.2) is 4.47 Å². The van der Waals surface area contributed by atoms with Crippen LogP contribution < -0.4 is 16.8 Å². The van der Waals surface area contributed by atoms with Crippen LogP contribution in [0.25, 0.3) is 0 Å². The number of hydrogen-bond donors (Lipinski definition) is 4. The molecule has 6 N–H and O–H groups in total. The molecule has 0 bridgehead atoms. The summed E-state index contributed by atoms with van der Waals surface area (Å²) in [4.78, 5) is 14.9. The number of rotatable bonds is 3. The van der Waals surface area contributed by atoms with Gasteiger partial charge in [-0.1, -0.05) is 0 Å². The van der Waals surface area contributed by atoms with Gasteiger partial charge in [0.2, 0.25) is 0 Å².